The van der Waals surface area contributed by atoms with Gasteiger partial charge in [0, 0.05) is 11.4 Å². The Morgan fingerprint density at radius 2 is 2.00 bits per heavy atom. The molecular weight excluding hydrogens is 250 g/mol. The summed E-state index contributed by atoms with van der Waals surface area (Å²) in [6.07, 6.45) is 3.69. The zero-order chi connectivity index (χ0) is 13.1. The van der Waals surface area contributed by atoms with E-state index in [1.165, 1.54) is 0 Å². The van der Waals surface area contributed by atoms with E-state index in [2.05, 4.69) is 5.32 Å². The molecule has 0 aliphatic heterocycles. The Morgan fingerprint density at radius 1 is 1.33 bits per heavy atom. The van der Waals surface area contributed by atoms with Gasteiger partial charge in [-0.05, 0) is 44.2 Å². The number of alkyl halides is 1. The quantitative estimate of drug-likeness (QED) is 0.810. The van der Waals surface area contributed by atoms with Crippen LogP contribution >= 0.6 is 11.6 Å². The molecule has 1 aromatic rings. The Morgan fingerprint density at radius 3 is 2.67 bits per heavy atom. The van der Waals surface area contributed by atoms with Crippen molar-refractivity contribution in [3.8, 4) is 5.75 Å². The summed E-state index contributed by atoms with van der Waals surface area (Å²) in [4.78, 5) is 12.1. The molecule has 2 N–H and O–H groups in total. The van der Waals surface area contributed by atoms with E-state index >= 15 is 0 Å². The Bertz CT molecular complexity index is 439. The molecule has 98 valence electrons. The number of rotatable bonds is 2. The predicted molar refractivity (Wildman–Crippen MR) is 72.2 cm³/mol. The topological polar surface area (TPSA) is 49.3 Å². The van der Waals surface area contributed by atoms with Crippen LogP contribution in [-0.2, 0) is 0 Å². The highest BCUT2D eigenvalue weighted by molar-refractivity contribution is 6.20. The number of phenols is 1. The van der Waals surface area contributed by atoms with Gasteiger partial charge < -0.3 is 10.4 Å². The molecule has 1 saturated carbocycles. The molecule has 1 aliphatic rings. The molecule has 1 fully saturated rings. The predicted octanol–water partition coefficient (Wildman–Crippen LogP) is 2.98. The van der Waals surface area contributed by atoms with Crippen LogP contribution < -0.4 is 5.32 Å². The molecule has 0 saturated heterocycles. The second-order valence-electron chi connectivity index (χ2n) is 4.89. The third-order valence-electron chi connectivity index (χ3n) is 3.47. The van der Waals surface area contributed by atoms with E-state index in [0.717, 1.165) is 25.7 Å². The van der Waals surface area contributed by atoms with Crippen molar-refractivity contribution in [1.29, 1.82) is 0 Å². The Balaban J connectivity index is 2.01. The number of aromatic hydroxyl groups is 1. The molecule has 0 unspecified atom stereocenters. The third kappa shape index (κ3) is 2.96. The van der Waals surface area contributed by atoms with Crippen LogP contribution in [0.3, 0.4) is 0 Å². The first-order chi connectivity index (χ1) is 8.58. The molecule has 2 rings (SSSR count). The molecule has 1 amide bonds. The fraction of sp³-hybridized carbons (Fsp3) is 0.500. The molecule has 0 spiro atoms. The largest absolute Gasteiger partial charge is 0.507 e. The molecule has 0 bridgehead atoms. The maximum atomic E-state index is 12.1. The fourth-order valence-electron chi connectivity index (χ4n) is 2.30. The smallest absolute Gasteiger partial charge is 0.255 e. The van der Waals surface area contributed by atoms with Crippen molar-refractivity contribution in [3.05, 3.63) is 29.3 Å². The van der Waals surface area contributed by atoms with Gasteiger partial charge in [-0.3, -0.25) is 4.79 Å². The summed E-state index contributed by atoms with van der Waals surface area (Å²) in [6, 6.07) is 5.38. The van der Waals surface area contributed by atoms with Gasteiger partial charge in [0.25, 0.3) is 5.91 Å². The summed E-state index contributed by atoms with van der Waals surface area (Å²) in [5, 5.41) is 13.1. The lowest BCUT2D eigenvalue weighted by atomic mass is 9.94. The lowest BCUT2D eigenvalue weighted by molar-refractivity contribution is 0.0925. The minimum absolute atomic E-state index is 0.0704. The summed E-state index contributed by atoms with van der Waals surface area (Å²) < 4.78 is 0. The maximum Gasteiger partial charge on any atom is 0.255 e. The zero-order valence-corrected chi connectivity index (χ0v) is 11.2. The molecular formula is C14H18ClNO2. The second kappa shape index (κ2) is 5.61. The van der Waals surface area contributed by atoms with E-state index < -0.39 is 0 Å². The highest BCUT2D eigenvalue weighted by atomic mass is 35.5. The summed E-state index contributed by atoms with van der Waals surface area (Å²) in [7, 11) is 0. The molecule has 1 aliphatic carbocycles. The highest BCUT2D eigenvalue weighted by Gasteiger charge is 2.22. The molecule has 1 aromatic carbocycles. The fourth-order valence-corrected chi connectivity index (χ4v) is 2.55. The van der Waals surface area contributed by atoms with Gasteiger partial charge >= 0.3 is 0 Å². The second-order valence-corrected chi connectivity index (χ2v) is 5.51. The van der Waals surface area contributed by atoms with Crippen molar-refractivity contribution in [1.82, 2.24) is 5.32 Å². The first kappa shape index (κ1) is 13.2. The van der Waals surface area contributed by atoms with Crippen molar-refractivity contribution >= 4 is 17.5 Å². The van der Waals surface area contributed by atoms with Gasteiger partial charge in [0.05, 0.1) is 5.56 Å². The van der Waals surface area contributed by atoms with Gasteiger partial charge in [-0.1, -0.05) is 12.1 Å². The van der Waals surface area contributed by atoms with Gasteiger partial charge in [0.2, 0.25) is 0 Å². The first-order valence-corrected chi connectivity index (χ1v) is 6.75. The number of carbonyl (C=O) groups is 1. The number of hydrogen-bond donors (Lipinski definition) is 2. The minimum Gasteiger partial charge on any atom is -0.507 e. The zero-order valence-electron chi connectivity index (χ0n) is 10.4. The molecule has 0 radical (unpaired) electrons. The summed E-state index contributed by atoms with van der Waals surface area (Å²) in [5.41, 5.74) is 1.06. The van der Waals surface area contributed by atoms with E-state index in [4.69, 9.17) is 11.6 Å². The molecule has 0 heterocycles. The van der Waals surface area contributed by atoms with Gasteiger partial charge in [-0.2, -0.15) is 0 Å². The van der Waals surface area contributed by atoms with Crippen molar-refractivity contribution in [3.63, 3.8) is 0 Å². The summed E-state index contributed by atoms with van der Waals surface area (Å²) in [5.74, 6) is -0.129. The minimum atomic E-state index is -0.200. The maximum absolute atomic E-state index is 12.1. The normalized spacial score (nSPS) is 23.7. The lowest BCUT2D eigenvalue weighted by Gasteiger charge is -2.26. The van der Waals surface area contributed by atoms with Gasteiger partial charge in [0.1, 0.15) is 5.75 Å². The number of phenolic OH excluding ortho intramolecular Hbond substituents is 1. The number of aryl methyl sites for hydroxylation is 1. The first-order valence-electron chi connectivity index (χ1n) is 6.31. The standard InChI is InChI=1S/C14H18ClNO2/c1-9-3-2-4-12(13(9)17)14(18)16-11-7-5-10(15)6-8-11/h2-4,10-11,17H,5-8H2,1H3,(H,16,18). The Hall–Kier alpha value is -1.22. The number of nitrogens with one attached hydrogen (secondary N) is 1. The highest BCUT2D eigenvalue weighted by Crippen LogP contribution is 2.25. The number of benzene rings is 1. The average Bonchev–Trinajstić information content (AvgIpc) is 2.35. The van der Waals surface area contributed by atoms with Crippen LogP contribution in [0.15, 0.2) is 18.2 Å². The SMILES string of the molecule is Cc1cccc(C(=O)NC2CCC(Cl)CC2)c1O. The van der Waals surface area contributed by atoms with Crippen LogP contribution in [0.4, 0.5) is 0 Å². The van der Waals surface area contributed by atoms with Gasteiger partial charge in [-0.25, -0.2) is 0 Å². The molecule has 4 heteroatoms. The number of hydrogen-bond acceptors (Lipinski definition) is 2. The van der Waals surface area contributed by atoms with Crippen molar-refractivity contribution in [2.24, 2.45) is 0 Å². The van der Waals surface area contributed by atoms with E-state index in [1.807, 2.05) is 0 Å². The van der Waals surface area contributed by atoms with Gasteiger partial charge in [0.15, 0.2) is 0 Å². The van der Waals surface area contributed by atoms with E-state index in [1.54, 1.807) is 25.1 Å². The van der Waals surface area contributed by atoms with Crippen LogP contribution in [-0.4, -0.2) is 22.4 Å². The number of halogens is 1. The average molecular weight is 268 g/mol. The molecule has 0 atom stereocenters. The van der Waals surface area contributed by atoms with E-state index in [0.29, 0.717) is 11.1 Å². The van der Waals surface area contributed by atoms with Crippen molar-refractivity contribution in [2.75, 3.05) is 0 Å². The van der Waals surface area contributed by atoms with Gasteiger partial charge in [-0.15, -0.1) is 11.6 Å². The lowest BCUT2D eigenvalue weighted by Crippen LogP contribution is -2.37. The number of para-hydroxylation sites is 1. The van der Waals surface area contributed by atoms with Crippen LogP contribution in [0, 0.1) is 6.92 Å². The van der Waals surface area contributed by atoms with Crippen LogP contribution in [0.2, 0.25) is 0 Å². The van der Waals surface area contributed by atoms with Crippen molar-refractivity contribution < 1.29 is 9.90 Å². The monoisotopic (exact) mass is 267 g/mol. The molecule has 3 nitrogen and oxygen atoms in total. The molecule has 18 heavy (non-hydrogen) atoms. The van der Waals surface area contributed by atoms with Crippen molar-refractivity contribution in [2.45, 2.75) is 44.0 Å². The Labute approximate surface area is 112 Å². The molecule has 0 aromatic heterocycles. The number of amides is 1. The van der Waals surface area contributed by atoms with Crippen LogP contribution in [0.5, 0.6) is 5.75 Å². The summed E-state index contributed by atoms with van der Waals surface area (Å²) >= 11 is 6.03. The van der Waals surface area contributed by atoms with Crippen LogP contribution in [0.25, 0.3) is 0 Å². The van der Waals surface area contributed by atoms with E-state index in [-0.39, 0.29) is 23.1 Å². The Kier molecular flexibility index (Phi) is 4.12. The van der Waals surface area contributed by atoms with E-state index in [9.17, 15) is 9.90 Å². The number of carbonyl (C=O) groups excluding carboxylic acids is 1. The summed E-state index contributed by atoms with van der Waals surface area (Å²) in [6.45, 7) is 1.78. The van der Waals surface area contributed by atoms with Crippen LogP contribution in [0.1, 0.15) is 41.6 Å². The third-order valence-corrected chi connectivity index (χ3v) is 3.91.